The summed E-state index contributed by atoms with van der Waals surface area (Å²) in [5, 5.41) is 1.55. The maximum absolute atomic E-state index is 14.5. The van der Waals surface area contributed by atoms with Crippen molar-refractivity contribution in [2.75, 3.05) is 0 Å². The summed E-state index contributed by atoms with van der Waals surface area (Å²) in [4.78, 5) is 29.3. The number of benzene rings is 1. The number of nitrogens with zero attached hydrogens (tertiary/aromatic N) is 2. The topological polar surface area (TPSA) is 64.0 Å². The molecule has 1 N–H and O–H groups in total. The van der Waals surface area contributed by atoms with Crippen molar-refractivity contribution >= 4 is 40.1 Å². The number of amides is 1. The summed E-state index contributed by atoms with van der Waals surface area (Å²) >= 11 is 12.0. The lowest BCUT2D eigenvalue weighted by molar-refractivity contribution is -0.153. The van der Waals surface area contributed by atoms with Crippen molar-refractivity contribution < 1.29 is 22.4 Å². The lowest BCUT2D eigenvalue weighted by Crippen LogP contribution is -2.46. The molecule has 5 nitrogen and oxygen atoms in total. The van der Waals surface area contributed by atoms with Gasteiger partial charge in [-0.25, -0.2) is 9.37 Å². The van der Waals surface area contributed by atoms with E-state index in [9.17, 15) is 27.2 Å². The largest absolute Gasteiger partial charge is 0.408 e. The third kappa shape index (κ3) is 4.13. The molecule has 30 heavy (non-hydrogen) atoms. The van der Waals surface area contributed by atoms with E-state index in [0.717, 1.165) is 16.8 Å². The first-order chi connectivity index (χ1) is 14.0. The van der Waals surface area contributed by atoms with E-state index in [0.29, 0.717) is 0 Å². The summed E-state index contributed by atoms with van der Waals surface area (Å²) in [6.45, 7) is 1.24. The van der Waals surface area contributed by atoms with Gasteiger partial charge in [0.1, 0.15) is 33.9 Å². The molecule has 3 rings (SSSR count). The van der Waals surface area contributed by atoms with Gasteiger partial charge in [0, 0.05) is 6.20 Å². The molecule has 0 spiro atoms. The smallest absolute Gasteiger partial charge is 0.340 e. The lowest BCUT2D eigenvalue weighted by atomic mass is 10.1. The van der Waals surface area contributed by atoms with E-state index >= 15 is 0 Å². The third-order valence-corrected chi connectivity index (χ3v) is 4.86. The summed E-state index contributed by atoms with van der Waals surface area (Å²) in [5.41, 5.74) is -1.86. The maximum atomic E-state index is 14.5. The first kappa shape index (κ1) is 22.0. The average molecular weight is 462 g/mol. The minimum Gasteiger partial charge on any atom is -0.340 e. The zero-order valence-electron chi connectivity index (χ0n) is 15.2. The van der Waals surface area contributed by atoms with E-state index < -0.39 is 41.4 Å². The Morgan fingerprint density at radius 1 is 1.23 bits per heavy atom. The minimum absolute atomic E-state index is 0.0246. The lowest BCUT2D eigenvalue weighted by Gasteiger charge is -2.20. The molecule has 0 aliphatic carbocycles. The first-order valence-corrected chi connectivity index (χ1v) is 9.34. The van der Waals surface area contributed by atoms with Gasteiger partial charge < -0.3 is 5.32 Å². The maximum Gasteiger partial charge on any atom is 0.408 e. The minimum atomic E-state index is -4.70. The number of para-hydroxylation sites is 1. The number of carbonyl (C=O) groups is 1. The van der Waals surface area contributed by atoms with E-state index in [4.69, 9.17) is 23.2 Å². The van der Waals surface area contributed by atoms with Crippen LogP contribution in [0.15, 0.2) is 41.3 Å². The summed E-state index contributed by atoms with van der Waals surface area (Å²) in [6, 6.07) is 4.15. The highest BCUT2D eigenvalue weighted by molar-refractivity contribution is 6.32. The molecule has 0 saturated heterocycles. The second-order valence-corrected chi connectivity index (χ2v) is 7.09. The Hall–Kier alpha value is -2.65. The van der Waals surface area contributed by atoms with Crippen LogP contribution >= 0.6 is 23.2 Å². The van der Waals surface area contributed by atoms with Crippen LogP contribution in [0, 0.1) is 5.82 Å². The van der Waals surface area contributed by atoms with Gasteiger partial charge in [-0.1, -0.05) is 36.2 Å². The van der Waals surface area contributed by atoms with Gasteiger partial charge in [-0.05, 0) is 30.7 Å². The Balaban J connectivity index is 2.28. The molecule has 1 aromatic carbocycles. The van der Waals surface area contributed by atoms with Crippen LogP contribution in [0.25, 0.3) is 16.7 Å². The molecule has 1 atom stereocenters. The normalized spacial score (nSPS) is 12.8. The molecule has 0 aliphatic rings. The molecule has 0 radical (unpaired) electrons. The Bertz CT molecular complexity index is 1170. The molecule has 2 heterocycles. The Labute approximate surface area is 177 Å². The molecule has 3 aromatic rings. The summed E-state index contributed by atoms with van der Waals surface area (Å²) < 4.78 is 54.7. The van der Waals surface area contributed by atoms with Gasteiger partial charge in [-0.2, -0.15) is 13.2 Å². The Morgan fingerprint density at radius 3 is 2.53 bits per heavy atom. The molecule has 0 saturated carbocycles. The molecule has 0 fully saturated rings. The van der Waals surface area contributed by atoms with E-state index in [1.54, 1.807) is 5.32 Å². The fraction of sp³-hybridized carbons (Fsp3) is 0.211. The molecule has 0 aliphatic heterocycles. The van der Waals surface area contributed by atoms with Crippen LogP contribution in [-0.2, 0) is 0 Å². The average Bonchev–Trinajstić information content (AvgIpc) is 2.66. The zero-order chi connectivity index (χ0) is 22.2. The predicted octanol–water partition coefficient (Wildman–Crippen LogP) is 4.90. The predicted molar refractivity (Wildman–Crippen MR) is 105 cm³/mol. The highest BCUT2D eigenvalue weighted by atomic mass is 35.5. The first-order valence-electron chi connectivity index (χ1n) is 8.58. The van der Waals surface area contributed by atoms with Gasteiger partial charge in [-0.15, -0.1) is 0 Å². The second kappa shape index (κ2) is 8.23. The van der Waals surface area contributed by atoms with Crippen molar-refractivity contribution in [3.63, 3.8) is 0 Å². The fourth-order valence-electron chi connectivity index (χ4n) is 2.88. The number of nitrogens with one attached hydrogen (secondary N) is 1. The Morgan fingerprint density at radius 2 is 1.93 bits per heavy atom. The van der Waals surface area contributed by atoms with Crippen LogP contribution in [0.4, 0.5) is 17.6 Å². The number of carbonyl (C=O) groups excluding carboxylic acids is 1. The monoisotopic (exact) mass is 461 g/mol. The van der Waals surface area contributed by atoms with Crippen LogP contribution in [0.5, 0.6) is 0 Å². The summed E-state index contributed by atoms with van der Waals surface area (Å²) in [5.74, 6) is -2.07. The molecule has 0 unspecified atom stereocenters. The number of fused-ring (bicyclic) bond motifs is 1. The van der Waals surface area contributed by atoms with E-state index in [1.165, 1.54) is 31.2 Å². The molecule has 0 bridgehead atoms. The van der Waals surface area contributed by atoms with Crippen molar-refractivity contribution in [3.8, 4) is 5.69 Å². The van der Waals surface area contributed by atoms with Gasteiger partial charge in [0.2, 0.25) is 5.43 Å². The van der Waals surface area contributed by atoms with Crippen molar-refractivity contribution in [3.05, 3.63) is 68.3 Å². The molecule has 11 heteroatoms. The number of halogens is 6. The van der Waals surface area contributed by atoms with Crippen LogP contribution < -0.4 is 10.7 Å². The van der Waals surface area contributed by atoms with Gasteiger partial charge in [-0.3, -0.25) is 14.2 Å². The van der Waals surface area contributed by atoms with Crippen LogP contribution in [0.3, 0.4) is 0 Å². The number of aromatic nitrogens is 2. The SMILES string of the molecule is CC[C@H](NC(=O)c1cn(-c2c(F)cccc2Cl)c2nc(Cl)ccc2c1=O)C(F)(F)F. The number of pyridine rings is 2. The van der Waals surface area contributed by atoms with Crippen molar-refractivity contribution in [2.24, 2.45) is 0 Å². The molecular weight excluding hydrogens is 449 g/mol. The number of hydrogen-bond acceptors (Lipinski definition) is 3. The van der Waals surface area contributed by atoms with Gasteiger partial charge >= 0.3 is 6.18 Å². The zero-order valence-corrected chi connectivity index (χ0v) is 16.7. The third-order valence-electron chi connectivity index (χ3n) is 4.35. The van der Waals surface area contributed by atoms with Gasteiger partial charge in [0.25, 0.3) is 5.91 Å². The van der Waals surface area contributed by atoms with E-state index in [1.807, 2.05) is 0 Å². The quantitative estimate of drug-likeness (QED) is 0.443. The standard InChI is InChI=1S/C19H13Cl2F4N3O2/c1-2-13(19(23,24)25)26-18(30)10-8-28(15-11(20)4-3-5-12(15)22)17-9(16(10)29)6-7-14(21)27-17/h3-8,13H,2H2,1H3,(H,26,30)/t13-/m0/s1. The number of alkyl halides is 3. The summed E-state index contributed by atoms with van der Waals surface area (Å²) in [6.07, 6.45) is -4.24. The molecule has 1 amide bonds. The van der Waals surface area contributed by atoms with Crippen molar-refractivity contribution in [1.29, 1.82) is 0 Å². The number of rotatable bonds is 4. The molecule has 158 valence electrons. The van der Waals surface area contributed by atoms with Gasteiger partial charge in [0.05, 0.1) is 10.4 Å². The second-order valence-electron chi connectivity index (χ2n) is 6.29. The van der Waals surface area contributed by atoms with E-state index in [-0.39, 0.29) is 26.9 Å². The van der Waals surface area contributed by atoms with Crippen molar-refractivity contribution in [2.45, 2.75) is 25.6 Å². The highest BCUT2D eigenvalue weighted by Crippen LogP contribution is 2.27. The van der Waals surface area contributed by atoms with E-state index in [2.05, 4.69) is 4.98 Å². The van der Waals surface area contributed by atoms with Crippen LogP contribution in [-0.4, -0.2) is 27.7 Å². The Kier molecular flexibility index (Phi) is 6.05. The molecular formula is C19H13Cl2F4N3O2. The van der Waals surface area contributed by atoms with Gasteiger partial charge in [0.15, 0.2) is 0 Å². The summed E-state index contributed by atoms with van der Waals surface area (Å²) in [7, 11) is 0. The number of hydrogen-bond donors (Lipinski definition) is 1. The molecule has 2 aromatic heterocycles. The van der Waals surface area contributed by atoms with Crippen LogP contribution in [0.1, 0.15) is 23.7 Å². The van der Waals surface area contributed by atoms with Crippen LogP contribution in [0.2, 0.25) is 10.2 Å². The highest BCUT2D eigenvalue weighted by Gasteiger charge is 2.39. The fourth-order valence-corrected chi connectivity index (χ4v) is 3.28. The van der Waals surface area contributed by atoms with Crippen molar-refractivity contribution in [1.82, 2.24) is 14.9 Å².